The van der Waals surface area contributed by atoms with Crippen molar-refractivity contribution in [2.45, 2.75) is 27.2 Å². The van der Waals surface area contributed by atoms with E-state index in [0.717, 1.165) is 6.42 Å². The summed E-state index contributed by atoms with van der Waals surface area (Å²) in [6.45, 7) is 6.74. The molecule has 0 bridgehead atoms. The van der Waals surface area contributed by atoms with Gasteiger partial charge in [-0.25, -0.2) is 14.8 Å². The average Bonchev–Trinajstić information content (AvgIpc) is 2.62. The lowest BCUT2D eigenvalue weighted by Crippen LogP contribution is -2.10. The van der Waals surface area contributed by atoms with Crippen LogP contribution in [0.2, 0.25) is 0 Å². The van der Waals surface area contributed by atoms with Crippen LogP contribution in [0.3, 0.4) is 0 Å². The molecule has 0 saturated carbocycles. The van der Waals surface area contributed by atoms with Crippen molar-refractivity contribution in [3.05, 3.63) is 46.3 Å². The fraction of sp³-hybridized carbons (Fsp3) is 0.389. The van der Waals surface area contributed by atoms with Gasteiger partial charge in [0.05, 0.1) is 17.1 Å². The van der Waals surface area contributed by atoms with Crippen LogP contribution < -0.4 is 10.6 Å². The molecule has 2 N–H and O–H groups in total. The van der Waals surface area contributed by atoms with Gasteiger partial charge in [-0.15, -0.1) is 0 Å². The lowest BCUT2D eigenvalue weighted by molar-refractivity contribution is -0.383. The summed E-state index contributed by atoms with van der Waals surface area (Å²) in [5, 5.41) is 17.4. The highest BCUT2D eigenvalue weighted by molar-refractivity contribution is 5.90. The van der Waals surface area contributed by atoms with Crippen molar-refractivity contribution >= 4 is 29.0 Å². The molecule has 9 nitrogen and oxygen atoms in total. The number of hydrogen-bond donors (Lipinski definition) is 2. The number of carbonyl (C=O) groups excluding carboxylic acids is 1. The van der Waals surface area contributed by atoms with Crippen molar-refractivity contribution < 1.29 is 14.5 Å². The number of anilines is 3. The van der Waals surface area contributed by atoms with Crippen LogP contribution in [0.25, 0.3) is 0 Å². The van der Waals surface area contributed by atoms with E-state index in [0.29, 0.717) is 30.3 Å². The summed E-state index contributed by atoms with van der Waals surface area (Å²) in [6.07, 6.45) is 2.12. The molecule has 0 unspecified atom stereocenters. The van der Waals surface area contributed by atoms with Crippen LogP contribution in [-0.2, 0) is 4.74 Å². The minimum Gasteiger partial charge on any atom is -0.462 e. The maximum Gasteiger partial charge on any atom is 0.353 e. The topological polar surface area (TPSA) is 119 Å². The van der Waals surface area contributed by atoms with Crippen molar-refractivity contribution in [1.82, 2.24) is 9.97 Å². The molecule has 0 aliphatic carbocycles. The van der Waals surface area contributed by atoms with Crippen molar-refractivity contribution in [1.29, 1.82) is 0 Å². The summed E-state index contributed by atoms with van der Waals surface area (Å²) in [6, 6.07) is 6.41. The Hall–Kier alpha value is -3.23. The third-order valence-corrected chi connectivity index (χ3v) is 3.68. The van der Waals surface area contributed by atoms with Crippen LogP contribution in [0.4, 0.5) is 23.0 Å². The van der Waals surface area contributed by atoms with E-state index in [1.165, 1.54) is 6.33 Å². The number of aromatic nitrogens is 2. The summed E-state index contributed by atoms with van der Waals surface area (Å²) in [7, 11) is 0. The number of nitro groups is 1. The molecule has 0 saturated heterocycles. The molecular weight excluding hydrogens is 350 g/mol. The van der Waals surface area contributed by atoms with Gasteiger partial charge in [0.25, 0.3) is 0 Å². The minimum absolute atomic E-state index is 0.0749. The second kappa shape index (κ2) is 9.46. The molecule has 0 aliphatic heterocycles. The number of ether oxygens (including phenoxy) is 1. The van der Waals surface area contributed by atoms with Gasteiger partial charge in [-0.05, 0) is 43.5 Å². The Kier molecular flexibility index (Phi) is 7.04. The summed E-state index contributed by atoms with van der Waals surface area (Å²) < 4.78 is 4.93. The number of nitrogens with zero attached hydrogens (tertiary/aromatic N) is 3. The fourth-order valence-electron chi connectivity index (χ4n) is 2.29. The molecule has 0 amide bonds. The first-order valence-electron chi connectivity index (χ1n) is 8.69. The Labute approximate surface area is 157 Å². The molecule has 1 aromatic heterocycles. The standard InChI is InChI=1S/C18H23N5O4/c1-4-27-18(24)13-5-7-14(8-6-13)22-17-15(23(25)26)16(20-11-21-17)19-10-9-12(2)3/h5-8,11-12H,4,9-10H2,1-3H3,(H2,19,20,21,22). The van der Waals surface area contributed by atoms with Gasteiger partial charge in [0.2, 0.25) is 11.6 Å². The summed E-state index contributed by atoms with van der Waals surface area (Å²) in [5.74, 6) is 0.287. The van der Waals surface area contributed by atoms with Crippen molar-refractivity contribution in [3.63, 3.8) is 0 Å². The molecule has 27 heavy (non-hydrogen) atoms. The molecule has 1 aromatic carbocycles. The monoisotopic (exact) mass is 373 g/mol. The Morgan fingerprint density at radius 3 is 2.48 bits per heavy atom. The fourth-order valence-corrected chi connectivity index (χ4v) is 2.29. The molecular formula is C18H23N5O4. The zero-order valence-corrected chi connectivity index (χ0v) is 15.6. The van der Waals surface area contributed by atoms with E-state index in [4.69, 9.17) is 4.74 Å². The largest absolute Gasteiger partial charge is 0.462 e. The molecule has 0 fully saturated rings. The van der Waals surface area contributed by atoms with Crippen molar-refractivity contribution in [2.75, 3.05) is 23.8 Å². The number of hydrogen-bond acceptors (Lipinski definition) is 8. The van der Waals surface area contributed by atoms with Crippen molar-refractivity contribution in [2.24, 2.45) is 5.92 Å². The van der Waals surface area contributed by atoms with E-state index >= 15 is 0 Å². The van der Waals surface area contributed by atoms with Crippen LogP contribution in [-0.4, -0.2) is 34.0 Å². The van der Waals surface area contributed by atoms with Gasteiger partial charge in [0.1, 0.15) is 6.33 Å². The zero-order chi connectivity index (χ0) is 19.8. The predicted molar refractivity (Wildman–Crippen MR) is 102 cm³/mol. The van der Waals surface area contributed by atoms with Gasteiger partial charge in [-0.1, -0.05) is 13.8 Å². The zero-order valence-electron chi connectivity index (χ0n) is 15.6. The van der Waals surface area contributed by atoms with Crippen LogP contribution in [0.15, 0.2) is 30.6 Å². The lowest BCUT2D eigenvalue weighted by atomic mass is 10.1. The van der Waals surface area contributed by atoms with Gasteiger partial charge in [0, 0.05) is 12.2 Å². The van der Waals surface area contributed by atoms with Crippen LogP contribution >= 0.6 is 0 Å². The smallest absolute Gasteiger partial charge is 0.353 e. The first-order chi connectivity index (χ1) is 12.9. The van der Waals surface area contributed by atoms with E-state index in [1.807, 2.05) is 0 Å². The van der Waals surface area contributed by atoms with Crippen LogP contribution in [0, 0.1) is 16.0 Å². The molecule has 2 rings (SSSR count). The van der Waals surface area contributed by atoms with Gasteiger partial charge in [0.15, 0.2) is 0 Å². The van der Waals surface area contributed by atoms with Gasteiger partial charge >= 0.3 is 11.7 Å². The van der Waals surface area contributed by atoms with E-state index in [2.05, 4.69) is 34.4 Å². The molecule has 0 radical (unpaired) electrons. The SMILES string of the molecule is CCOC(=O)c1ccc(Nc2ncnc(NCCC(C)C)c2[N+](=O)[O-])cc1. The average molecular weight is 373 g/mol. The van der Waals surface area contributed by atoms with Gasteiger partial charge in [-0.2, -0.15) is 0 Å². The third kappa shape index (κ3) is 5.63. The highest BCUT2D eigenvalue weighted by atomic mass is 16.6. The number of esters is 1. The van der Waals surface area contributed by atoms with Crippen LogP contribution in [0.1, 0.15) is 37.6 Å². The number of carbonyl (C=O) groups is 1. The molecule has 1 heterocycles. The van der Waals surface area contributed by atoms with E-state index < -0.39 is 10.9 Å². The highest BCUT2D eigenvalue weighted by Crippen LogP contribution is 2.31. The van der Waals surface area contributed by atoms with Crippen LogP contribution in [0.5, 0.6) is 0 Å². The second-order valence-corrected chi connectivity index (χ2v) is 6.21. The Balaban J connectivity index is 2.20. The van der Waals surface area contributed by atoms with E-state index in [-0.39, 0.29) is 17.3 Å². The quantitative estimate of drug-likeness (QED) is 0.387. The molecule has 0 atom stereocenters. The summed E-state index contributed by atoms with van der Waals surface area (Å²) in [4.78, 5) is 30.7. The van der Waals surface area contributed by atoms with Crippen molar-refractivity contribution in [3.8, 4) is 0 Å². The minimum atomic E-state index is -0.521. The maximum atomic E-state index is 11.7. The summed E-state index contributed by atoms with van der Waals surface area (Å²) in [5.41, 5.74) is 0.726. The molecule has 2 aromatic rings. The maximum absolute atomic E-state index is 11.7. The molecule has 9 heteroatoms. The molecule has 144 valence electrons. The Bertz CT molecular complexity index is 793. The lowest BCUT2D eigenvalue weighted by Gasteiger charge is -2.11. The second-order valence-electron chi connectivity index (χ2n) is 6.21. The van der Waals surface area contributed by atoms with Gasteiger partial charge in [-0.3, -0.25) is 10.1 Å². The summed E-state index contributed by atoms with van der Waals surface area (Å²) >= 11 is 0. The highest BCUT2D eigenvalue weighted by Gasteiger charge is 2.23. The normalized spacial score (nSPS) is 10.5. The van der Waals surface area contributed by atoms with Gasteiger partial charge < -0.3 is 15.4 Å². The number of rotatable bonds is 9. The third-order valence-electron chi connectivity index (χ3n) is 3.68. The van der Waals surface area contributed by atoms with E-state index in [1.54, 1.807) is 31.2 Å². The molecule has 0 aliphatic rings. The first-order valence-corrected chi connectivity index (χ1v) is 8.69. The first kappa shape index (κ1) is 20.1. The van der Waals surface area contributed by atoms with E-state index in [9.17, 15) is 14.9 Å². The Morgan fingerprint density at radius 1 is 1.22 bits per heavy atom. The molecule has 0 spiro atoms. The number of nitrogens with one attached hydrogen (secondary N) is 2. The Morgan fingerprint density at radius 2 is 1.89 bits per heavy atom. The number of benzene rings is 1. The predicted octanol–water partition coefficient (Wildman–Crippen LogP) is 3.76.